The van der Waals surface area contributed by atoms with Gasteiger partial charge in [0.05, 0.1) is 16.1 Å². The average molecular weight is 343 g/mol. The highest BCUT2D eigenvalue weighted by atomic mass is 32.1. The van der Waals surface area contributed by atoms with Crippen LogP contribution in [-0.4, -0.2) is 34.8 Å². The number of anilines is 1. The van der Waals surface area contributed by atoms with Gasteiger partial charge in [0.25, 0.3) is 0 Å². The third kappa shape index (κ3) is 3.02. The van der Waals surface area contributed by atoms with Gasteiger partial charge in [-0.3, -0.25) is 9.59 Å². The maximum absolute atomic E-state index is 12.6. The Morgan fingerprint density at radius 2 is 2.08 bits per heavy atom. The molecule has 0 spiro atoms. The van der Waals surface area contributed by atoms with Crippen LogP contribution < -0.4 is 5.32 Å². The summed E-state index contributed by atoms with van der Waals surface area (Å²) in [4.78, 5) is 31.3. The second kappa shape index (κ2) is 6.16. The Balaban J connectivity index is 1.44. The molecule has 1 saturated carbocycles. The van der Waals surface area contributed by atoms with E-state index in [1.165, 1.54) is 11.3 Å². The maximum atomic E-state index is 12.6. The van der Waals surface area contributed by atoms with Crippen LogP contribution in [-0.2, 0) is 9.59 Å². The highest BCUT2D eigenvalue weighted by Gasteiger charge is 2.36. The van der Waals surface area contributed by atoms with Gasteiger partial charge in [-0.05, 0) is 44.2 Å². The first-order valence-corrected chi connectivity index (χ1v) is 9.39. The third-order valence-corrected chi connectivity index (χ3v) is 5.82. The van der Waals surface area contributed by atoms with Crippen LogP contribution in [0.5, 0.6) is 0 Å². The summed E-state index contributed by atoms with van der Waals surface area (Å²) in [6, 6.07) is 6.05. The summed E-state index contributed by atoms with van der Waals surface area (Å²) in [5.74, 6) is 0.316. The smallest absolute Gasteiger partial charge is 0.231 e. The zero-order valence-electron chi connectivity index (χ0n) is 13.7. The van der Waals surface area contributed by atoms with E-state index in [9.17, 15) is 9.59 Å². The molecular formula is C18H21N3O2S. The number of carbonyl (C=O) groups is 2. The van der Waals surface area contributed by atoms with Crippen LogP contribution in [0.25, 0.3) is 10.2 Å². The molecule has 0 radical (unpaired) electrons. The molecular weight excluding hydrogens is 322 g/mol. The van der Waals surface area contributed by atoms with Gasteiger partial charge in [0.15, 0.2) is 5.13 Å². The van der Waals surface area contributed by atoms with Gasteiger partial charge >= 0.3 is 0 Å². The second-order valence-corrected chi connectivity index (χ2v) is 7.86. The molecule has 0 bridgehead atoms. The highest BCUT2D eigenvalue weighted by molar-refractivity contribution is 7.22. The Bertz CT molecular complexity index is 797. The number of para-hydroxylation sites is 1. The Kier molecular flexibility index (Phi) is 4.00. The monoisotopic (exact) mass is 343 g/mol. The topological polar surface area (TPSA) is 62.3 Å². The number of benzene rings is 1. The molecule has 5 nitrogen and oxygen atoms in total. The van der Waals surface area contributed by atoms with E-state index in [0.717, 1.165) is 48.0 Å². The molecule has 1 aromatic heterocycles. The van der Waals surface area contributed by atoms with Crippen molar-refractivity contribution in [1.29, 1.82) is 0 Å². The first kappa shape index (κ1) is 15.6. The Labute approximate surface area is 145 Å². The van der Waals surface area contributed by atoms with Gasteiger partial charge < -0.3 is 10.2 Å². The van der Waals surface area contributed by atoms with E-state index < -0.39 is 0 Å². The van der Waals surface area contributed by atoms with Crippen molar-refractivity contribution in [3.05, 3.63) is 23.8 Å². The summed E-state index contributed by atoms with van der Waals surface area (Å²) in [6.45, 7) is 3.36. The third-order valence-electron chi connectivity index (χ3n) is 4.88. The molecule has 1 aliphatic heterocycles. The van der Waals surface area contributed by atoms with Gasteiger partial charge in [-0.1, -0.05) is 23.5 Å². The van der Waals surface area contributed by atoms with E-state index in [4.69, 9.17) is 0 Å². The fourth-order valence-electron chi connectivity index (χ4n) is 3.33. The Morgan fingerprint density at radius 1 is 1.25 bits per heavy atom. The van der Waals surface area contributed by atoms with Crippen molar-refractivity contribution in [3.63, 3.8) is 0 Å². The molecule has 1 aromatic carbocycles. The highest BCUT2D eigenvalue weighted by Crippen LogP contribution is 2.33. The van der Waals surface area contributed by atoms with Gasteiger partial charge in [-0.25, -0.2) is 4.98 Å². The van der Waals surface area contributed by atoms with Crippen LogP contribution >= 0.6 is 11.3 Å². The van der Waals surface area contributed by atoms with Crippen LogP contribution in [0.4, 0.5) is 5.13 Å². The fraction of sp³-hybridized carbons (Fsp3) is 0.500. The minimum Gasteiger partial charge on any atom is -0.342 e. The number of nitrogens with zero attached hydrogens (tertiary/aromatic N) is 2. The normalized spacial score (nSPS) is 21.0. The van der Waals surface area contributed by atoms with Gasteiger partial charge in [0.1, 0.15) is 0 Å². The molecule has 1 aliphatic carbocycles. The number of amides is 2. The number of likely N-dealkylation sites (tertiary alicyclic amines) is 1. The van der Waals surface area contributed by atoms with Crippen molar-refractivity contribution < 1.29 is 9.59 Å². The van der Waals surface area contributed by atoms with Crippen LogP contribution in [0.1, 0.15) is 31.2 Å². The molecule has 2 aliphatic rings. The minimum absolute atomic E-state index is 0.0139. The van der Waals surface area contributed by atoms with Crippen LogP contribution in [0.15, 0.2) is 18.2 Å². The summed E-state index contributed by atoms with van der Waals surface area (Å²) in [5.41, 5.74) is 2.06. The number of fused-ring (bicyclic) bond motifs is 1. The lowest BCUT2D eigenvalue weighted by molar-refractivity contribution is -0.135. The van der Waals surface area contributed by atoms with E-state index in [2.05, 4.69) is 10.3 Å². The first-order chi connectivity index (χ1) is 11.6. The van der Waals surface area contributed by atoms with Crippen LogP contribution in [0.2, 0.25) is 0 Å². The number of thiazole rings is 1. The molecule has 1 N–H and O–H groups in total. The molecule has 1 saturated heterocycles. The van der Waals surface area contributed by atoms with Gasteiger partial charge in [-0.2, -0.15) is 0 Å². The number of hydrogen-bond acceptors (Lipinski definition) is 4. The average Bonchev–Trinajstić information content (AvgIpc) is 3.35. The maximum Gasteiger partial charge on any atom is 0.231 e. The van der Waals surface area contributed by atoms with Gasteiger partial charge in [0.2, 0.25) is 11.8 Å². The number of carbonyl (C=O) groups excluding carboxylic acids is 2. The number of piperidine rings is 1. The summed E-state index contributed by atoms with van der Waals surface area (Å²) in [7, 11) is 0. The number of aryl methyl sites for hydroxylation is 1. The molecule has 2 amide bonds. The van der Waals surface area contributed by atoms with E-state index in [1.54, 1.807) is 0 Å². The summed E-state index contributed by atoms with van der Waals surface area (Å²) >= 11 is 1.50. The van der Waals surface area contributed by atoms with Gasteiger partial charge in [0, 0.05) is 19.0 Å². The summed E-state index contributed by atoms with van der Waals surface area (Å²) < 4.78 is 1.08. The lowest BCUT2D eigenvalue weighted by atomic mass is 9.97. The molecule has 2 heterocycles. The fourth-order valence-corrected chi connectivity index (χ4v) is 4.27. The predicted octanol–water partition coefficient (Wildman–Crippen LogP) is 3.19. The SMILES string of the molecule is Cc1cccc2sc(NC(=O)[C@@H]3CCCN(C(=O)C4CC4)C3)nc12. The molecule has 4 rings (SSSR count). The van der Waals surface area contributed by atoms with E-state index >= 15 is 0 Å². The zero-order valence-corrected chi connectivity index (χ0v) is 14.6. The summed E-state index contributed by atoms with van der Waals surface area (Å²) in [5, 5.41) is 3.61. The van der Waals surface area contributed by atoms with E-state index in [0.29, 0.717) is 11.7 Å². The molecule has 24 heavy (non-hydrogen) atoms. The lowest BCUT2D eigenvalue weighted by Crippen LogP contribution is -2.44. The van der Waals surface area contributed by atoms with E-state index in [-0.39, 0.29) is 23.7 Å². The number of rotatable bonds is 3. The lowest BCUT2D eigenvalue weighted by Gasteiger charge is -2.32. The minimum atomic E-state index is -0.130. The molecule has 126 valence electrons. The van der Waals surface area contributed by atoms with Crippen molar-refractivity contribution in [1.82, 2.24) is 9.88 Å². The molecule has 1 atom stereocenters. The number of aromatic nitrogens is 1. The second-order valence-electron chi connectivity index (χ2n) is 6.83. The molecule has 6 heteroatoms. The zero-order chi connectivity index (χ0) is 16.7. The largest absolute Gasteiger partial charge is 0.342 e. The number of nitrogens with one attached hydrogen (secondary N) is 1. The van der Waals surface area contributed by atoms with Gasteiger partial charge in [-0.15, -0.1) is 0 Å². The number of hydrogen-bond donors (Lipinski definition) is 1. The molecule has 2 aromatic rings. The molecule has 2 fully saturated rings. The van der Waals surface area contributed by atoms with Crippen LogP contribution in [0.3, 0.4) is 0 Å². The van der Waals surface area contributed by atoms with Crippen molar-refractivity contribution in [2.75, 3.05) is 18.4 Å². The van der Waals surface area contributed by atoms with E-state index in [1.807, 2.05) is 30.0 Å². The Hall–Kier alpha value is -1.95. The standard InChI is InChI=1S/C18H21N3O2S/c1-11-4-2-6-14-15(11)19-18(24-14)20-16(22)13-5-3-9-21(10-13)17(23)12-7-8-12/h2,4,6,12-13H,3,5,7-10H2,1H3,(H,19,20,22)/t13-/m1/s1. The summed E-state index contributed by atoms with van der Waals surface area (Å²) in [6.07, 6.45) is 3.76. The predicted molar refractivity (Wildman–Crippen MR) is 95.0 cm³/mol. The van der Waals surface area contributed by atoms with Crippen LogP contribution in [0, 0.1) is 18.8 Å². The van der Waals surface area contributed by atoms with Crippen molar-refractivity contribution in [2.45, 2.75) is 32.6 Å². The Morgan fingerprint density at radius 3 is 2.83 bits per heavy atom. The first-order valence-electron chi connectivity index (χ1n) is 8.57. The molecule has 0 unspecified atom stereocenters. The van der Waals surface area contributed by atoms with Crippen molar-refractivity contribution in [2.24, 2.45) is 11.8 Å². The van der Waals surface area contributed by atoms with Crippen molar-refractivity contribution in [3.8, 4) is 0 Å². The quantitative estimate of drug-likeness (QED) is 0.931. The van der Waals surface area contributed by atoms with Crippen molar-refractivity contribution >= 4 is 38.5 Å².